The summed E-state index contributed by atoms with van der Waals surface area (Å²) < 4.78 is 4.55. The lowest BCUT2D eigenvalue weighted by Gasteiger charge is -2.29. The van der Waals surface area contributed by atoms with Crippen LogP contribution < -0.4 is 15.5 Å². The molecule has 1 amide bonds. The van der Waals surface area contributed by atoms with Gasteiger partial charge in [0.1, 0.15) is 11.4 Å². The normalized spacial score (nSPS) is 13.3. The Bertz CT molecular complexity index is 1120. The predicted octanol–water partition coefficient (Wildman–Crippen LogP) is 4.00. The molecule has 0 radical (unpaired) electrons. The molecule has 0 aliphatic carbocycles. The van der Waals surface area contributed by atoms with Gasteiger partial charge in [0.05, 0.1) is 18.3 Å². The minimum absolute atomic E-state index is 0.0695. The third-order valence-corrected chi connectivity index (χ3v) is 5.45. The first-order chi connectivity index (χ1) is 17.2. The van der Waals surface area contributed by atoms with Crippen LogP contribution >= 0.6 is 0 Å². The molecule has 1 saturated heterocycles. The van der Waals surface area contributed by atoms with E-state index < -0.39 is 0 Å². The topological polar surface area (TPSA) is 96.5 Å². The van der Waals surface area contributed by atoms with Gasteiger partial charge in [0.2, 0.25) is 5.91 Å². The molecule has 0 atom stereocenters. The summed E-state index contributed by atoms with van der Waals surface area (Å²) in [7, 11) is 0. The zero-order chi connectivity index (χ0) is 26.0. The molecule has 190 valence electrons. The van der Waals surface area contributed by atoms with Crippen molar-refractivity contribution in [2.24, 2.45) is 0 Å². The van der Waals surface area contributed by atoms with Crippen LogP contribution in [0.25, 0.3) is 11.1 Å². The summed E-state index contributed by atoms with van der Waals surface area (Å²) in [4.78, 5) is 32.9. The summed E-state index contributed by atoms with van der Waals surface area (Å²) in [6, 6.07) is 16.0. The summed E-state index contributed by atoms with van der Waals surface area (Å²) in [6.07, 6.45) is 3.95. The molecular formula is C28H35N5O3. The van der Waals surface area contributed by atoms with E-state index in [2.05, 4.69) is 36.3 Å². The number of aromatic nitrogens is 2. The van der Waals surface area contributed by atoms with Gasteiger partial charge in [0.15, 0.2) is 0 Å². The lowest BCUT2D eigenvalue weighted by atomic mass is 10.0. The van der Waals surface area contributed by atoms with Gasteiger partial charge in [0, 0.05) is 38.1 Å². The third kappa shape index (κ3) is 8.78. The number of nitrogens with one attached hydrogen (secondary N) is 2. The van der Waals surface area contributed by atoms with Crippen LogP contribution in [0.3, 0.4) is 0 Å². The van der Waals surface area contributed by atoms with Crippen molar-refractivity contribution in [3.8, 4) is 11.1 Å². The molecule has 8 nitrogen and oxygen atoms in total. The fourth-order valence-electron chi connectivity index (χ4n) is 3.63. The number of benzene rings is 1. The molecule has 2 aromatic heterocycles. The molecule has 8 heteroatoms. The van der Waals surface area contributed by atoms with E-state index >= 15 is 0 Å². The smallest absolute Gasteiger partial charge is 0.293 e. The van der Waals surface area contributed by atoms with Crippen molar-refractivity contribution in [1.82, 2.24) is 15.3 Å². The van der Waals surface area contributed by atoms with E-state index in [1.165, 1.54) is 0 Å². The van der Waals surface area contributed by atoms with Gasteiger partial charge in [-0.15, -0.1) is 0 Å². The maximum absolute atomic E-state index is 12.4. The number of aryl methyl sites for hydroxylation is 1. The lowest BCUT2D eigenvalue weighted by Crippen LogP contribution is -2.43. The monoisotopic (exact) mass is 489 g/mol. The van der Waals surface area contributed by atoms with Crippen molar-refractivity contribution in [2.45, 2.75) is 39.7 Å². The van der Waals surface area contributed by atoms with Crippen molar-refractivity contribution < 1.29 is 14.3 Å². The quantitative estimate of drug-likeness (QED) is 0.505. The highest BCUT2D eigenvalue weighted by Crippen LogP contribution is 2.20. The fourth-order valence-corrected chi connectivity index (χ4v) is 3.63. The summed E-state index contributed by atoms with van der Waals surface area (Å²) >= 11 is 0. The van der Waals surface area contributed by atoms with Crippen molar-refractivity contribution in [3.05, 3.63) is 72.2 Å². The number of piperazine rings is 1. The Morgan fingerprint density at radius 1 is 1.06 bits per heavy atom. The Morgan fingerprint density at radius 2 is 1.78 bits per heavy atom. The predicted molar refractivity (Wildman–Crippen MR) is 143 cm³/mol. The molecule has 4 rings (SSSR count). The Labute approximate surface area is 213 Å². The van der Waals surface area contributed by atoms with Crippen LogP contribution in [0.5, 0.6) is 0 Å². The van der Waals surface area contributed by atoms with Gasteiger partial charge in [-0.2, -0.15) is 0 Å². The summed E-state index contributed by atoms with van der Waals surface area (Å²) in [5.74, 6) is 0.512. The van der Waals surface area contributed by atoms with E-state index in [9.17, 15) is 9.59 Å². The molecule has 1 aromatic carbocycles. The number of anilines is 2. The van der Waals surface area contributed by atoms with Gasteiger partial charge in [-0.05, 0) is 68.7 Å². The second-order valence-electron chi connectivity index (χ2n) is 9.57. The number of pyridine rings is 2. The zero-order valence-electron chi connectivity index (χ0n) is 21.5. The van der Waals surface area contributed by atoms with E-state index in [1.807, 2.05) is 82.6 Å². The largest absolute Gasteiger partial charge is 0.462 e. The number of rotatable bonds is 6. The Morgan fingerprint density at radius 3 is 2.33 bits per heavy atom. The molecule has 2 N–H and O–H groups in total. The van der Waals surface area contributed by atoms with Gasteiger partial charge >= 0.3 is 0 Å². The Balaban J connectivity index is 0.000000454. The maximum atomic E-state index is 12.4. The van der Waals surface area contributed by atoms with E-state index in [1.54, 1.807) is 0 Å². The number of amides is 1. The molecule has 0 unspecified atom stereocenters. The molecular weight excluding hydrogens is 454 g/mol. The van der Waals surface area contributed by atoms with Crippen LogP contribution in [0.4, 0.5) is 11.5 Å². The minimum atomic E-state index is -0.318. The molecule has 1 aliphatic rings. The highest BCUT2D eigenvalue weighted by molar-refractivity contribution is 5.91. The van der Waals surface area contributed by atoms with E-state index in [-0.39, 0.29) is 11.5 Å². The average molecular weight is 490 g/mol. The number of nitrogens with zero attached hydrogens (tertiary/aromatic N) is 3. The number of ether oxygens (including phenoxy) is 1. The average Bonchev–Trinajstić information content (AvgIpc) is 2.85. The third-order valence-electron chi connectivity index (χ3n) is 5.45. The maximum Gasteiger partial charge on any atom is 0.293 e. The number of hydrogen-bond acceptors (Lipinski definition) is 7. The summed E-state index contributed by atoms with van der Waals surface area (Å²) in [5.41, 5.74) is 4.97. The minimum Gasteiger partial charge on any atom is -0.462 e. The highest BCUT2D eigenvalue weighted by atomic mass is 16.5. The lowest BCUT2D eigenvalue weighted by molar-refractivity contribution is -0.138. The summed E-state index contributed by atoms with van der Waals surface area (Å²) in [5, 5.41) is 6.22. The van der Waals surface area contributed by atoms with Crippen molar-refractivity contribution in [3.63, 3.8) is 0 Å². The molecule has 1 aliphatic heterocycles. The number of carbonyl (C=O) groups is 2. The fraction of sp³-hybridized carbons (Fsp3) is 0.357. The second-order valence-corrected chi connectivity index (χ2v) is 9.57. The molecule has 0 bridgehead atoms. The molecule has 0 spiro atoms. The van der Waals surface area contributed by atoms with Gasteiger partial charge in [-0.3, -0.25) is 14.6 Å². The molecule has 3 heterocycles. The van der Waals surface area contributed by atoms with Crippen molar-refractivity contribution in [2.75, 3.05) is 36.4 Å². The number of hydrogen-bond donors (Lipinski definition) is 2. The van der Waals surface area contributed by atoms with Crippen LogP contribution in [0.2, 0.25) is 0 Å². The van der Waals surface area contributed by atoms with Gasteiger partial charge < -0.3 is 20.3 Å². The first-order valence-corrected chi connectivity index (χ1v) is 12.1. The van der Waals surface area contributed by atoms with Crippen LogP contribution in [0.15, 0.2) is 60.9 Å². The summed E-state index contributed by atoms with van der Waals surface area (Å²) in [6.45, 7) is 11.8. The second kappa shape index (κ2) is 12.8. The molecule has 3 aromatic rings. The van der Waals surface area contributed by atoms with Crippen LogP contribution in [0, 0.1) is 6.92 Å². The zero-order valence-corrected chi connectivity index (χ0v) is 21.5. The van der Waals surface area contributed by atoms with Gasteiger partial charge in [-0.25, -0.2) is 4.98 Å². The van der Waals surface area contributed by atoms with Crippen molar-refractivity contribution >= 4 is 23.9 Å². The highest BCUT2D eigenvalue weighted by Gasteiger charge is 2.11. The number of carbonyl (C=O) groups excluding carboxylic acids is 2. The Hall–Kier alpha value is -3.78. The van der Waals surface area contributed by atoms with Crippen molar-refractivity contribution in [1.29, 1.82) is 0 Å². The molecule has 36 heavy (non-hydrogen) atoms. The van der Waals surface area contributed by atoms with Crippen LogP contribution in [-0.4, -0.2) is 54.1 Å². The first kappa shape index (κ1) is 26.8. The molecule has 1 fully saturated rings. The van der Waals surface area contributed by atoms with Crippen LogP contribution in [0.1, 0.15) is 32.0 Å². The molecule has 0 saturated carbocycles. The van der Waals surface area contributed by atoms with Crippen LogP contribution in [-0.2, 0) is 20.7 Å². The standard InChI is InChI=1S/C23H25N5O.C5H10O2/c1-17-14-20(8-9-25-17)19-4-2-18(3-5-19)15-23(29)27-22-7-6-21(16-26-22)28-12-10-24-11-13-28;1-5(2,3)7-4-6/h2-9,14,16,24H,10-13,15H2,1H3,(H,26,27,29);4H,1-3H3. The van der Waals surface area contributed by atoms with Gasteiger partial charge in [-0.1, -0.05) is 24.3 Å². The van der Waals surface area contributed by atoms with E-state index in [4.69, 9.17) is 0 Å². The van der Waals surface area contributed by atoms with E-state index in [0.717, 1.165) is 54.3 Å². The first-order valence-electron chi connectivity index (χ1n) is 12.1. The van der Waals surface area contributed by atoms with E-state index in [0.29, 0.717) is 18.7 Å². The Kier molecular flexibility index (Phi) is 9.53. The van der Waals surface area contributed by atoms with Gasteiger partial charge in [0.25, 0.3) is 6.47 Å². The SMILES string of the molecule is CC(C)(C)OC=O.Cc1cc(-c2ccc(CC(=O)Nc3ccc(N4CCNCC4)cn3)cc2)ccn1.